The van der Waals surface area contributed by atoms with Crippen LogP contribution in [0.25, 0.3) is 0 Å². The summed E-state index contributed by atoms with van der Waals surface area (Å²) in [4.78, 5) is 65.9. The Bertz CT molecular complexity index is 1500. The second-order valence-corrected chi connectivity index (χ2v) is 9.42. The summed E-state index contributed by atoms with van der Waals surface area (Å²) in [6, 6.07) is 19.6. The highest BCUT2D eigenvalue weighted by molar-refractivity contribution is 5.85. The molecule has 0 spiro atoms. The van der Waals surface area contributed by atoms with E-state index in [4.69, 9.17) is 9.47 Å². The van der Waals surface area contributed by atoms with Gasteiger partial charge in [0.25, 0.3) is 12.9 Å². The number of aromatic nitrogens is 4. The van der Waals surface area contributed by atoms with Crippen molar-refractivity contribution >= 4 is 24.9 Å². The molecule has 0 aliphatic rings. The van der Waals surface area contributed by atoms with Crippen LogP contribution >= 0.6 is 0 Å². The number of carbonyl (C=O) groups excluding carboxylic acids is 2. The van der Waals surface area contributed by atoms with E-state index in [2.05, 4.69) is 19.9 Å². The van der Waals surface area contributed by atoms with Gasteiger partial charge in [0, 0.05) is 51.4 Å². The summed E-state index contributed by atoms with van der Waals surface area (Å²) in [5.74, 6) is -2.01. The molecule has 0 radical (unpaired) electrons. The molecule has 14 heteroatoms. The average molecular weight is 601 g/mol. The summed E-state index contributed by atoms with van der Waals surface area (Å²) in [5.41, 5.74) is 2.05. The first-order valence-corrected chi connectivity index (χ1v) is 13.3. The van der Waals surface area contributed by atoms with Crippen LogP contribution in [0.15, 0.2) is 72.8 Å². The van der Waals surface area contributed by atoms with Gasteiger partial charge < -0.3 is 19.7 Å². The topological polar surface area (TPSA) is 185 Å². The van der Waals surface area contributed by atoms with E-state index in [0.29, 0.717) is 61.9 Å². The third-order valence-corrected chi connectivity index (χ3v) is 6.23. The van der Waals surface area contributed by atoms with Crippen molar-refractivity contribution in [2.75, 3.05) is 13.1 Å². The molecule has 0 saturated heterocycles. The van der Waals surface area contributed by atoms with Crippen LogP contribution in [0.4, 0.5) is 0 Å². The second-order valence-electron chi connectivity index (χ2n) is 9.42. The number of aromatic carboxylic acids is 2. The minimum Gasteiger partial charge on any atom is -0.477 e. The highest BCUT2D eigenvalue weighted by atomic mass is 16.5. The van der Waals surface area contributed by atoms with Crippen molar-refractivity contribution in [2.24, 2.45) is 0 Å². The zero-order chi connectivity index (χ0) is 31.3. The zero-order valence-corrected chi connectivity index (χ0v) is 23.4. The summed E-state index contributed by atoms with van der Waals surface area (Å²) < 4.78 is 9.79. The van der Waals surface area contributed by atoms with Crippen molar-refractivity contribution in [1.82, 2.24) is 29.7 Å². The molecular formula is C30H28N6O8. The van der Waals surface area contributed by atoms with Gasteiger partial charge in [-0.05, 0) is 36.4 Å². The van der Waals surface area contributed by atoms with Gasteiger partial charge in [-0.1, -0.05) is 24.3 Å². The van der Waals surface area contributed by atoms with Gasteiger partial charge in [-0.2, -0.15) is 0 Å². The third-order valence-electron chi connectivity index (χ3n) is 6.23. The van der Waals surface area contributed by atoms with E-state index in [0.717, 1.165) is 0 Å². The molecule has 44 heavy (non-hydrogen) atoms. The van der Waals surface area contributed by atoms with Crippen molar-refractivity contribution in [2.45, 2.75) is 26.2 Å². The number of pyridine rings is 4. The lowest BCUT2D eigenvalue weighted by atomic mass is 10.2. The van der Waals surface area contributed by atoms with Gasteiger partial charge >= 0.3 is 11.9 Å². The highest BCUT2D eigenvalue weighted by Gasteiger charge is 2.17. The molecule has 0 amide bonds. The second kappa shape index (κ2) is 15.6. The maximum Gasteiger partial charge on any atom is 0.354 e. The molecule has 0 bridgehead atoms. The lowest BCUT2D eigenvalue weighted by Crippen LogP contribution is -2.35. The van der Waals surface area contributed by atoms with Crippen LogP contribution in [-0.4, -0.2) is 77.9 Å². The van der Waals surface area contributed by atoms with Gasteiger partial charge in [0.05, 0.1) is 22.8 Å². The van der Waals surface area contributed by atoms with Crippen molar-refractivity contribution in [3.63, 3.8) is 0 Å². The fourth-order valence-electron chi connectivity index (χ4n) is 4.32. The number of nitrogens with zero attached hydrogens (tertiary/aromatic N) is 6. The molecule has 0 saturated carbocycles. The van der Waals surface area contributed by atoms with Crippen molar-refractivity contribution in [1.29, 1.82) is 0 Å². The maximum absolute atomic E-state index is 11.5. The maximum atomic E-state index is 11.5. The number of rotatable bonds is 17. The Labute approximate surface area is 251 Å². The smallest absolute Gasteiger partial charge is 0.354 e. The van der Waals surface area contributed by atoms with Crippen LogP contribution in [0.5, 0.6) is 11.8 Å². The summed E-state index contributed by atoms with van der Waals surface area (Å²) >= 11 is 0. The summed E-state index contributed by atoms with van der Waals surface area (Å²) in [6.45, 7) is 2.57. The Hall–Kier alpha value is -5.60. The fourth-order valence-corrected chi connectivity index (χ4v) is 4.32. The van der Waals surface area contributed by atoms with E-state index in [1.54, 1.807) is 60.7 Å². The third kappa shape index (κ3) is 9.47. The minimum absolute atomic E-state index is 0.0953. The number of carboxylic acids is 2. The van der Waals surface area contributed by atoms with Crippen LogP contribution in [0.3, 0.4) is 0 Å². The molecule has 0 aliphatic carbocycles. The van der Waals surface area contributed by atoms with Crippen molar-refractivity contribution < 1.29 is 38.9 Å². The summed E-state index contributed by atoms with van der Waals surface area (Å²) in [7, 11) is 0. The monoisotopic (exact) mass is 600 g/mol. The van der Waals surface area contributed by atoms with Gasteiger partial charge in [-0.3, -0.25) is 19.4 Å². The van der Waals surface area contributed by atoms with Crippen LogP contribution in [0.2, 0.25) is 0 Å². The standard InChI is InChI=1S/C30H28N6O8/c37-19-43-27-11-3-7-23(33-27)17-36(18-24-8-4-12-28(34-24)44-20-38)14-13-35(15-21-5-1-9-25(31-21)29(39)40)16-22-6-2-10-26(32-22)30(41)42/h1-12,19-20H,13-18H2,(H,39,40)(H,41,42). The van der Waals surface area contributed by atoms with Crippen LogP contribution in [0.1, 0.15) is 43.8 Å². The normalized spacial score (nSPS) is 10.9. The van der Waals surface area contributed by atoms with Gasteiger partial charge in [0.1, 0.15) is 11.4 Å². The average Bonchev–Trinajstić information content (AvgIpc) is 3.01. The fraction of sp³-hybridized carbons (Fsp3) is 0.200. The molecule has 0 aromatic carbocycles. The van der Waals surface area contributed by atoms with Crippen LogP contribution in [-0.2, 0) is 35.8 Å². The zero-order valence-electron chi connectivity index (χ0n) is 23.4. The Morgan fingerprint density at radius 3 is 1.25 bits per heavy atom. The SMILES string of the molecule is O=COc1cccc(CN(CCN(Cc2cccc(C(=O)O)n2)Cc2cccc(C(=O)O)n2)Cc2cccc(OC=O)n2)n1. The molecule has 4 rings (SSSR count). The van der Waals surface area contributed by atoms with E-state index in [1.807, 2.05) is 9.80 Å². The molecule has 2 N–H and O–H groups in total. The first kappa shape index (κ1) is 31.3. The highest BCUT2D eigenvalue weighted by Crippen LogP contribution is 2.15. The predicted octanol–water partition coefficient (Wildman–Crippen LogP) is 2.44. The molecule has 4 heterocycles. The predicted molar refractivity (Wildman–Crippen MR) is 152 cm³/mol. The number of hydrogen-bond donors (Lipinski definition) is 2. The quantitative estimate of drug-likeness (QED) is 0.168. The summed E-state index contributed by atoms with van der Waals surface area (Å²) in [6.07, 6.45) is 0. The lowest BCUT2D eigenvalue weighted by molar-refractivity contribution is -0.121. The molecule has 0 atom stereocenters. The number of ether oxygens (including phenoxy) is 2. The Morgan fingerprint density at radius 1 is 0.568 bits per heavy atom. The number of hydrogen-bond acceptors (Lipinski definition) is 12. The van der Waals surface area contributed by atoms with E-state index >= 15 is 0 Å². The minimum atomic E-state index is -1.15. The largest absolute Gasteiger partial charge is 0.477 e. The van der Waals surface area contributed by atoms with E-state index < -0.39 is 11.9 Å². The molecule has 14 nitrogen and oxygen atoms in total. The van der Waals surface area contributed by atoms with Gasteiger partial charge in [0.2, 0.25) is 11.8 Å². The lowest BCUT2D eigenvalue weighted by Gasteiger charge is -2.27. The van der Waals surface area contributed by atoms with E-state index in [1.165, 1.54) is 12.1 Å². The molecule has 0 aliphatic heterocycles. The number of carboxylic acid groups (broad SMARTS) is 2. The van der Waals surface area contributed by atoms with E-state index in [-0.39, 0.29) is 36.2 Å². The summed E-state index contributed by atoms with van der Waals surface area (Å²) in [5, 5.41) is 18.8. The molecule has 4 aromatic heterocycles. The first-order chi connectivity index (χ1) is 21.3. The van der Waals surface area contributed by atoms with Crippen LogP contribution in [0, 0.1) is 0 Å². The van der Waals surface area contributed by atoms with Gasteiger partial charge in [0.15, 0.2) is 0 Å². The Morgan fingerprint density at radius 2 is 0.909 bits per heavy atom. The molecular weight excluding hydrogens is 572 g/mol. The first-order valence-electron chi connectivity index (χ1n) is 13.3. The van der Waals surface area contributed by atoms with E-state index in [9.17, 15) is 29.4 Å². The van der Waals surface area contributed by atoms with Gasteiger partial charge in [-0.15, -0.1) is 0 Å². The Balaban J connectivity index is 1.60. The van der Waals surface area contributed by atoms with Crippen LogP contribution < -0.4 is 9.47 Å². The molecule has 0 fully saturated rings. The molecule has 226 valence electrons. The Kier molecular flexibility index (Phi) is 11.1. The van der Waals surface area contributed by atoms with Crippen molar-refractivity contribution in [3.8, 4) is 11.8 Å². The molecule has 0 unspecified atom stereocenters. The van der Waals surface area contributed by atoms with Gasteiger partial charge in [-0.25, -0.2) is 29.5 Å². The molecule has 4 aromatic rings. The number of carbonyl (C=O) groups is 4. The van der Waals surface area contributed by atoms with Crippen molar-refractivity contribution in [3.05, 3.63) is 107 Å².